The molecule has 2 rings (SSSR count). The molecule has 1 aromatic rings. The van der Waals surface area contributed by atoms with Crippen molar-refractivity contribution in [3.8, 4) is 0 Å². The predicted octanol–water partition coefficient (Wildman–Crippen LogP) is 1.19. The van der Waals surface area contributed by atoms with Gasteiger partial charge < -0.3 is 10.2 Å². The number of rotatable bonds is 2. The average molecular weight is 168 g/mol. The summed E-state index contributed by atoms with van der Waals surface area (Å²) in [6.45, 7) is 0. The molecule has 3 nitrogen and oxygen atoms in total. The van der Waals surface area contributed by atoms with Crippen molar-refractivity contribution in [3.63, 3.8) is 0 Å². The van der Waals surface area contributed by atoms with Crippen LogP contribution in [0.15, 0.2) is 10.7 Å². The molecule has 0 bridgehead atoms. The summed E-state index contributed by atoms with van der Waals surface area (Å²) in [6, 6.07) is 0. The molecule has 1 heterocycles. The number of oxazole rings is 1. The Balaban J connectivity index is 2.25. The van der Waals surface area contributed by atoms with Crippen LogP contribution in [0.2, 0.25) is 0 Å². The van der Waals surface area contributed by atoms with Gasteiger partial charge in [0.05, 0.1) is 0 Å². The lowest BCUT2D eigenvalue weighted by molar-refractivity contribution is 0.497. The lowest BCUT2D eigenvalue weighted by atomic mass is 10.4. The summed E-state index contributed by atoms with van der Waals surface area (Å²) in [5.41, 5.74) is 5.96. The number of hydrogen-bond donors (Lipinski definition) is 1. The van der Waals surface area contributed by atoms with Crippen LogP contribution in [0, 0.1) is 0 Å². The lowest BCUT2D eigenvalue weighted by Gasteiger charge is -1.85. The minimum Gasteiger partial charge on any atom is -0.448 e. The number of thiocarbonyl (C=S) groups is 1. The van der Waals surface area contributed by atoms with Gasteiger partial charge in [-0.2, -0.15) is 0 Å². The second-order valence-electron chi connectivity index (χ2n) is 2.71. The monoisotopic (exact) mass is 168 g/mol. The van der Waals surface area contributed by atoms with E-state index in [0.717, 1.165) is 5.89 Å². The van der Waals surface area contributed by atoms with E-state index in [9.17, 15) is 0 Å². The van der Waals surface area contributed by atoms with Crippen LogP contribution in [0.5, 0.6) is 0 Å². The first-order valence-electron chi connectivity index (χ1n) is 3.52. The van der Waals surface area contributed by atoms with Gasteiger partial charge in [0, 0.05) is 5.92 Å². The van der Waals surface area contributed by atoms with Crippen molar-refractivity contribution in [2.45, 2.75) is 18.8 Å². The van der Waals surface area contributed by atoms with Crippen LogP contribution in [0.25, 0.3) is 0 Å². The van der Waals surface area contributed by atoms with Crippen LogP contribution in [0.4, 0.5) is 0 Å². The second-order valence-corrected chi connectivity index (χ2v) is 3.15. The van der Waals surface area contributed by atoms with Crippen LogP contribution in [0.3, 0.4) is 0 Å². The normalized spacial score (nSPS) is 16.7. The van der Waals surface area contributed by atoms with Crippen molar-refractivity contribution in [3.05, 3.63) is 17.8 Å². The Kier molecular flexibility index (Phi) is 1.42. The molecule has 0 unspecified atom stereocenters. The van der Waals surface area contributed by atoms with Crippen molar-refractivity contribution in [1.82, 2.24) is 4.98 Å². The smallest absolute Gasteiger partial charge is 0.197 e. The van der Waals surface area contributed by atoms with Gasteiger partial charge in [0.1, 0.15) is 16.9 Å². The SMILES string of the molecule is NC(=S)c1coc(C2CC2)n1. The molecule has 0 aliphatic heterocycles. The van der Waals surface area contributed by atoms with E-state index in [4.69, 9.17) is 22.4 Å². The first-order valence-corrected chi connectivity index (χ1v) is 3.93. The fraction of sp³-hybridized carbons (Fsp3) is 0.429. The topological polar surface area (TPSA) is 52.0 Å². The van der Waals surface area contributed by atoms with Gasteiger partial charge in [0.25, 0.3) is 0 Å². The van der Waals surface area contributed by atoms with Crippen LogP contribution in [0.1, 0.15) is 30.3 Å². The minimum absolute atomic E-state index is 0.306. The Morgan fingerprint density at radius 1 is 1.73 bits per heavy atom. The fourth-order valence-corrected chi connectivity index (χ4v) is 1.01. The van der Waals surface area contributed by atoms with Gasteiger partial charge in [-0.05, 0) is 12.8 Å². The van der Waals surface area contributed by atoms with E-state index in [1.807, 2.05) is 0 Å². The summed E-state index contributed by atoms with van der Waals surface area (Å²) < 4.78 is 5.17. The summed E-state index contributed by atoms with van der Waals surface area (Å²) in [4.78, 5) is 4.45. The quantitative estimate of drug-likeness (QED) is 0.674. The molecule has 11 heavy (non-hydrogen) atoms. The highest BCUT2D eigenvalue weighted by molar-refractivity contribution is 7.80. The Hall–Kier alpha value is -0.900. The van der Waals surface area contributed by atoms with Crippen molar-refractivity contribution in [1.29, 1.82) is 0 Å². The van der Waals surface area contributed by atoms with Crippen molar-refractivity contribution in [2.75, 3.05) is 0 Å². The molecule has 1 aliphatic carbocycles. The van der Waals surface area contributed by atoms with E-state index in [2.05, 4.69) is 4.98 Å². The minimum atomic E-state index is 0.306. The standard InChI is InChI=1S/C7H8N2OS/c8-6(11)5-3-10-7(9-5)4-1-2-4/h3-4H,1-2H2,(H2,8,11). The molecule has 1 saturated carbocycles. The first kappa shape index (κ1) is 6.79. The van der Waals surface area contributed by atoms with E-state index >= 15 is 0 Å². The molecule has 0 radical (unpaired) electrons. The zero-order valence-electron chi connectivity index (χ0n) is 5.91. The van der Waals surface area contributed by atoms with Crippen molar-refractivity contribution in [2.24, 2.45) is 5.73 Å². The Bertz CT molecular complexity index is 290. The molecule has 4 heteroatoms. The molecule has 58 valence electrons. The number of aromatic nitrogens is 1. The third kappa shape index (κ3) is 1.26. The van der Waals surface area contributed by atoms with Crippen molar-refractivity contribution < 1.29 is 4.42 Å². The zero-order valence-corrected chi connectivity index (χ0v) is 6.73. The van der Waals surface area contributed by atoms with E-state index in [1.165, 1.54) is 19.1 Å². The van der Waals surface area contributed by atoms with E-state index in [-0.39, 0.29) is 0 Å². The van der Waals surface area contributed by atoms with Gasteiger partial charge in [-0.1, -0.05) is 12.2 Å². The number of nitrogens with zero attached hydrogens (tertiary/aromatic N) is 1. The Labute approximate surface area is 69.6 Å². The molecular weight excluding hydrogens is 160 g/mol. The largest absolute Gasteiger partial charge is 0.448 e. The first-order chi connectivity index (χ1) is 5.27. The maximum absolute atomic E-state index is 5.36. The molecule has 0 spiro atoms. The van der Waals surface area contributed by atoms with Crippen LogP contribution >= 0.6 is 12.2 Å². The lowest BCUT2D eigenvalue weighted by Crippen LogP contribution is -2.09. The van der Waals surface area contributed by atoms with Gasteiger partial charge in [-0.3, -0.25) is 0 Å². The van der Waals surface area contributed by atoms with E-state index in [1.54, 1.807) is 0 Å². The number of hydrogen-bond acceptors (Lipinski definition) is 3. The van der Waals surface area contributed by atoms with Gasteiger partial charge in [-0.15, -0.1) is 0 Å². The molecule has 1 aliphatic rings. The van der Waals surface area contributed by atoms with Crippen molar-refractivity contribution >= 4 is 17.2 Å². The highest BCUT2D eigenvalue weighted by Gasteiger charge is 2.28. The van der Waals surface area contributed by atoms with Gasteiger partial charge >= 0.3 is 0 Å². The third-order valence-corrected chi connectivity index (χ3v) is 1.91. The maximum Gasteiger partial charge on any atom is 0.197 e. The average Bonchev–Trinajstić information content (AvgIpc) is 2.68. The second kappa shape index (κ2) is 2.30. The van der Waals surface area contributed by atoms with Crippen LogP contribution < -0.4 is 5.73 Å². The number of nitrogens with two attached hydrogens (primary N) is 1. The molecule has 0 saturated heterocycles. The zero-order chi connectivity index (χ0) is 7.84. The Morgan fingerprint density at radius 2 is 2.45 bits per heavy atom. The third-order valence-electron chi connectivity index (χ3n) is 1.70. The molecule has 0 amide bonds. The highest BCUT2D eigenvalue weighted by Crippen LogP contribution is 2.39. The highest BCUT2D eigenvalue weighted by atomic mass is 32.1. The summed E-state index contributed by atoms with van der Waals surface area (Å²) in [6.07, 6.45) is 3.88. The predicted molar refractivity (Wildman–Crippen MR) is 44.4 cm³/mol. The van der Waals surface area contributed by atoms with E-state index in [0.29, 0.717) is 16.6 Å². The summed E-state index contributed by atoms with van der Waals surface area (Å²) in [7, 11) is 0. The molecule has 2 N–H and O–H groups in total. The maximum atomic E-state index is 5.36. The summed E-state index contributed by atoms with van der Waals surface area (Å²) >= 11 is 4.74. The van der Waals surface area contributed by atoms with E-state index < -0.39 is 0 Å². The molecule has 1 aromatic heterocycles. The van der Waals surface area contributed by atoms with Crippen LogP contribution in [-0.2, 0) is 0 Å². The Morgan fingerprint density at radius 3 is 2.91 bits per heavy atom. The fourth-order valence-electron chi connectivity index (χ4n) is 0.919. The molecular formula is C7H8N2OS. The summed E-state index contributed by atoms with van der Waals surface area (Å²) in [5, 5.41) is 0. The molecule has 1 fully saturated rings. The van der Waals surface area contributed by atoms with Gasteiger partial charge in [0.15, 0.2) is 5.89 Å². The molecule has 0 aromatic carbocycles. The van der Waals surface area contributed by atoms with Gasteiger partial charge in [0.2, 0.25) is 0 Å². The van der Waals surface area contributed by atoms with Crippen LogP contribution in [-0.4, -0.2) is 9.97 Å². The van der Waals surface area contributed by atoms with Gasteiger partial charge in [-0.25, -0.2) is 4.98 Å². The summed E-state index contributed by atoms with van der Waals surface area (Å²) in [5.74, 6) is 1.31. The molecule has 0 atom stereocenters.